The first-order valence-electron chi connectivity index (χ1n) is 7.38. The maximum atomic E-state index is 4.77. The minimum atomic E-state index is 0.686. The van der Waals surface area contributed by atoms with Crippen molar-refractivity contribution in [1.82, 2.24) is 20.4 Å². The smallest absolute Gasteiger partial charge is 0.194 e. The number of nitrogens with zero attached hydrogens (tertiary/aromatic N) is 3. The van der Waals surface area contributed by atoms with E-state index in [1.165, 1.54) is 17.7 Å². The molecule has 2 rings (SSSR count). The molecule has 1 aromatic heterocycles. The van der Waals surface area contributed by atoms with Crippen LogP contribution in [0.3, 0.4) is 0 Å². The van der Waals surface area contributed by atoms with Crippen LogP contribution in [0.25, 0.3) is 0 Å². The normalized spacial score (nSPS) is 20.2. The molecule has 2 N–H and O–H groups in total. The van der Waals surface area contributed by atoms with Crippen LogP contribution in [-0.2, 0) is 6.54 Å². The summed E-state index contributed by atoms with van der Waals surface area (Å²) < 4.78 is 0. The van der Waals surface area contributed by atoms with E-state index in [0.29, 0.717) is 6.54 Å². The van der Waals surface area contributed by atoms with Gasteiger partial charge in [0.1, 0.15) is 0 Å². The lowest BCUT2D eigenvalue weighted by Crippen LogP contribution is -2.48. The highest BCUT2D eigenvalue weighted by Crippen LogP contribution is 2.21. The van der Waals surface area contributed by atoms with Crippen molar-refractivity contribution >= 4 is 17.7 Å². The van der Waals surface area contributed by atoms with Gasteiger partial charge in [-0.05, 0) is 20.3 Å². The van der Waals surface area contributed by atoms with Crippen LogP contribution in [0.4, 0.5) is 0 Å². The molecule has 0 aliphatic carbocycles. The number of aliphatic imine (C=N–C) groups is 1. The Kier molecular flexibility index (Phi) is 5.76. The number of hydrogen-bond donors (Lipinski definition) is 2. The predicted octanol–water partition coefficient (Wildman–Crippen LogP) is 2.01. The van der Waals surface area contributed by atoms with Gasteiger partial charge in [0.25, 0.3) is 0 Å². The van der Waals surface area contributed by atoms with Crippen molar-refractivity contribution in [3.05, 3.63) is 17.5 Å². The van der Waals surface area contributed by atoms with Gasteiger partial charge in [0.05, 0.1) is 12.7 Å². The molecule has 1 aliphatic rings. The lowest BCUT2D eigenvalue weighted by molar-refractivity contribution is 0.408. The number of nitrogens with one attached hydrogen (secondary N) is 2. The number of aryl methyl sites for hydroxylation is 1. The van der Waals surface area contributed by atoms with Crippen molar-refractivity contribution in [2.24, 2.45) is 4.99 Å². The van der Waals surface area contributed by atoms with Gasteiger partial charge in [-0.3, -0.25) is 5.10 Å². The van der Waals surface area contributed by atoms with Crippen LogP contribution >= 0.6 is 11.8 Å². The molecule has 112 valence electrons. The Morgan fingerprint density at radius 1 is 1.60 bits per heavy atom. The van der Waals surface area contributed by atoms with Crippen LogP contribution in [0.15, 0.2) is 11.2 Å². The third-order valence-corrected chi connectivity index (χ3v) is 4.93. The second-order valence-electron chi connectivity index (χ2n) is 5.04. The van der Waals surface area contributed by atoms with Gasteiger partial charge in [0.2, 0.25) is 0 Å². The lowest BCUT2D eigenvalue weighted by Gasteiger charge is -2.34. The average Bonchev–Trinajstić information content (AvgIpc) is 2.89. The fraction of sp³-hybridized carbons (Fsp3) is 0.714. The van der Waals surface area contributed by atoms with Crippen LogP contribution in [0.1, 0.15) is 31.5 Å². The Hall–Kier alpha value is -1.17. The summed E-state index contributed by atoms with van der Waals surface area (Å²) in [6.07, 6.45) is 3.09. The monoisotopic (exact) mass is 295 g/mol. The van der Waals surface area contributed by atoms with Crippen LogP contribution in [0.5, 0.6) is 0 Å². The molecule has 20 heavy (non-hydrogen) atoms. The third-order valence-electron chi connectivity index (χ3n) is 3.56. The van der Waals surface area contributed by atoms with Crippen LogP contribution < -0.4 is 5.32 Å². The van der Waals surface area contributed by atoms with Gasteiger partial charge in [-0.2, -0.15) is 16.9 Å². The fourth-order valence-electron chi connectivity index (χ4n) is 2.28. The van der Waals surface area contributed by atoms with Gasteiger partial charge >= 0.3 is 0 Å². The second-order valence-corrected chi connectivity index (χ2v) is 6.45. The zero-order chi connectivity index (χ0) is 14.4. The van der Waals surface area contributed by atoms with Gasteiger partial charge in [0, 0.05) is 41.9 Å². The van der Waals surface area contributed by atoms with E-state index >= 15 is 0 Å². The van der Waals surface area contributed by atoms with Crippen molar-refractivity contribution in [1.29, 1.82) is 0 Å². The molecule has 1 atom stereocenters. The molecular formula is C14H25N5S. The zero-order valence-electron chi connectivity index (χ0n) is 12.6. The Morgan fingerprint density at radius 3 is 3.10 bits per heavy atom. The number of H-pyrrole nitrogens is 1. The van der Waals surface area contributed by atoms with Gasteiger partial charge in [-0.15, -0.1) is 0 Å². The molecular weight excluding hydrogens is 270 g/mol. The molecule has 1 aliphatic heterocycles. The molecule has 1 fully saturated rings. The van der Waals surface area contributed by atoms with Crippen LogP contribution in [0.2, 0.25) is 0 Å². The molecule has 0 spiro atoms. The molecule has 0 amide bonds. The minimum Gasteiger partial charge on any atom is -0.357 e. The van der Waals surface area contributed by atoms with Crippen LogP contribution in [-0.4, -0.2) is 51.7 Å². The van der Waals surface area contributed by atoms with Crippen molar-refractivity contribution in [3.8, 4) is 0 Å². The van der Waals surface area contributed by atoms with Crippen molar-refractivity contribution in [3.63, 3.8) is 0 Å². The molecule has 2 heterocycles. The summed E-state index contributed by atoms with van der Waals surface area (Å²) in [6, 6.07) is 0. The molecule has 6 heteroatoms. The maximum absolute atomic E-state index is 4.77. The summed E-state index contributed by atoms with van der Waals surface area (Å²) in [5.74, 6) is 2.22. The summed E-state index contributed by atoms with van der Waals surface area (Å²) >= 11 is 2.08. The Balaban J connectivity index is 2.03. The molecule has 0 bridgehead atoms. The van der Waals surface area contributed by atoms with Crippen molar-refractivity contribution in [2.45, 2.75) is 39.0 Å². The molecule has 1 unspecified atom stereocenters. The number of hydrogen-bond acceptors (Lipinski definition) is 3. The number of aromatic amines is 1. The SMILES string of the molecule is CCNC(=NCc1cn[nH]c1C)N1CCSC(CC)C1. The summed E-state index contributed by atoms with van der Waals surface area (Å²) in [5.41, 5.74) is 2.27. The van der Waals surface area contributed by atoms with Gasteiger partial charge in [0.15, 0.2) is 5.96 Å². The lowest BCUT2D eigenvalue weighted by atomic mass is 10.3. The minimum absolute atomic E-state index is 0.686. The average molecular weight is 295 g/mol. The van der Waals surface area contributed by atoms with E-state index in [1.807, 2.05) is 13.1 Å². The quantitative estimate of drug-likeness (QED) is 0.659. The van der Waals surface area contributed by atoms with Crippen molar-refractivity contribution in [2.75, 3.05) is 25.4 Å². The number of aromatic nitrogens is 2. The highest BCUT2D eigenvalue weighted by molar-refractivity contribution is 8.00. The van der Waals surface area contributed by atoms with Crippen LogP contribution in [0, 0.1) is 6.92 Å². The van der Waals surface area contributed by atoms with E-state index in [0.717, 1.165) is 36.5 Å². The fourth-order valence-corrected chi connectivity index (χ4v) is 3.46. The maximum Gasteiger partial charge on any atom is 0.194 e. The number of thioether (sulfide) groups is 1. The largest absolute Gasteiger partial charge is 0.357 e. The first-order chi connectivity index (χ1) is 9.74. The second kappa shape index (κ2) is 7.57. The van der Waals surface area contributed by atoms with Crippen molar-refractivity contribution < 1.29 is 0 Å². The molecule has 0 saturated carbocycles. The summed E-state index contributed by atoms with van der Waals surface area (Å²) in [6.45, 7) is 10.2. The van der Waals surface area contributed by atoms with Gasteiger partial charge in [-0.25, -0.2) is 4.99 Å². The summed E-state index contributed by atoms with van der Waals surface area (Å²) in [4.78, 5) is 7.16. The van der Waals surface area contributed by atoms with Gasteiger partial charge < -0.3 is 10.2 Å². The summed E-state index contributed by atoms with van der Waals surface area (Å²) in [5, 5.41) is 11.2. The number of guanidine groups is 1. The zero-order valence-corrected chi connectivity index (χ0v) is 13.5. The Bertz CT molecular complexity index is 443. The standard InChI is InChI=1S/C14H25N5S/c1-4-13-10-19(6-7-20-13)14(15-5-2)16-8-12-9-17-18-11(12)3/h9,13H,4-8,10H2,1-3H3,(H,15,16)(H,17,18). The topological polar surface area (TPSA) is 56.3 Å². The van der Waals surface area contributed by atoms with E-state index in [-0.39, 0.29) is 0 Å². The molecule has 5 nitrogen and oxygen atoms in total. The Morgan fingerprint density at radius 2 is 2.45 bits per heavy atom. The molecule has 0 radical (unpaired) electrons. The van der Waals surface area contributed by atoms with Gasteiger partial charge in [-0.1, -0.05) is 6.92 Å². The van der Waals surface area contributed by atoms with E-state index in [1.54, 1.807) is 0 Å². The third kappa shape index (κ3) is 3.91. The summed E-state index contributed by atoms with van der Waals surface area (Å²) in [7, 11) is 0. The highest BCUT2D eigenvalue weighted by atomic mass is 32.2. The molecule has 1 aromatic rings. The van der Waals surface area contributed by atoms with E-state index in [4.69, 9.17) is 4.99 Å². The Labute approximate surface area is 125 Å². The number of rotatable bonds is 4. The predicted molar refractivity (Wildman–Crippen MR) is 86.3 cm³/mol. The molecule has 1 saturated heterocycles. The van der Waals surface area contributed by atoms with E-state index < -0.39 is 0 Å². The first-order valence-corrected chi connectivity index (χ1v) is 8.43. The van der Waals surface area contributed by atoms with E-state index in [9.17, 15) is 0 Å². The van der Waals surface area contributed by atoms with E-state index in [2.05, 4.69) is 46.0 Å². The first kappa shape index (κ1) is 15.2. The molecule has 0 aromatic carbocycles. The highest BCUT2D eigenvalue weighted by Gasteiger charge is 2.21.